The number of likely N-dealkylation sites (N-methyl/N-ethyl adjacent to an activating group) is 1. The molecular formula is C20H31N2O+. The largest absolute Gasteiger partial charge is 0.316 e. The van der Waals surface area contributed by atoms with Crippen LogP contribution in [0.4, 0.5) is 5.69 Å². The molecular weight excluding hydrogens is 284 g/mol. The van der Waals surface area contributed by atoms with E-state index >= 15 is 0 Å². The summed E-state index contributed by atoms with van der Waals surface area (Å²) in [5, 5.41) is 0. The summed E-state index contributed by atoms with van der Waals surface area (Å²) in [6, 6.07) is 4.56. The number of aryl methyl sites for hydroxylation is 3. The predicted molar refractivity (Wildman–Crippen MR) is 95.8 cm³/mol. The number of anilines is 1. The van der Waals surface area contributed by atoms with Crippen molar-refractivity contribution in [2.24, 2.45) is 0 Å². The Kier molecular flexibility index (Phi) is 4.50. The normalized spacial score (nSPS) is 24.8. The predicted octanol–water partition coefficient (Wildman–Crippen LogP) is 3.74. The van der Waals surface area contributed by atoms with E-state index in [1.54, 1.807) is 0 Å². The SMILES string of the molecule is Cc1cc(C)c(N2CCC([N+]3(C)CCCCCC3)C2=O)c(C)c1. The van der Waals surface area contributed by atoms with Gasteiger partial charge in [-0.15, -0.1) is 0 Å². The molecule has 1 atom stereocenters. The Labute approximate surface area is 140 Å². The highest BCUT2D eigenvalue weighted by Gasteiger charge is 2.45. The molecule has 3 nitrogen and oxygen atoms in total. The van der Waals surface area contributed by atoms with Crippen molar-refractivity contribution in [1.29, 1.82) is 0 Å². The van der Waals surface area contributed by atoms with Gasteiger partial charge in [-0.25, -0.2) is 0 Å². The Hall–Kier alpha value is -1.35. The second-order valence-corrected chi connectivity index (χ2v) is 7.88. The van der Waals surface area contributed by atoms with Crippen LogP contribution in [0, 0.1) is 20.8 Å². The van der Waals surface area contributed by atoms with Crippen LogP contribution in [-0.2, 0) is 4.79 Å². The molecule has 3 heteroatoms. The number of rotatable bonds is 2. The van der Waals surface area contributed by atoms with Crippen LogP contribution in [0.2, 0.25) is 0 Å². The van der Waals surface area contributed by atoms with E-state index in [9.17, 15) is 4.79 Å². The molecule has 2 aliphatic heterocycles. The first kappa shape index (κ1) is 16.5. The maximum atomic E-state index is 13.2. The summed E-state index contributed by atoms with van der Waals surface area (Å²) < 4.78 is 0.958. The van der Waals surface area contributed by atoms with Crippen LogP contribution in [0.15, 0.2) is 12.1 Å². The molecule has 2 fully saturated rings. The van der Waals surface area contributed by atoms with Crippen molar-refractivity contribution in [1.82, 2.24) is 0 Å². The minimum atomic E-state index is 0.160. The monoisotopic (exact) mass is 315 g/mol. The minimum absolute atomic E-state index is 0.160. The van der Waals surface area contributed by atoms with Gasteiger partial charge in [-0.1, -0.05) is 17.7 Å². The number of hydrogen-bond donors (Lipinski definition) is 0. The standard InChI is InChI=1S/C20H31N2O/c1-15-13-16(2)19(17(3)14-15)21-10-9-18(20(21)23)22(4)11-7-5-6-8-12-22/h13-14,18H,5-12H2,1-4H3/q+1. The van der Waals surface area contributed by atoms with Gasteiger partial charge in [0.1, 0.15) is 0 Å². The fraction of sp³-hybridized carbons (Fsp3) is 0.650. The summed E-state index contributed by atoms with van der Waals surface area (Å²) in [6.07, 6.45) is 6.19. The van der Waals surface area contributed by atoms with Crippen LogP contribution >= 0.6 is 0 Å². The third kappa shape index (κ3) is 3.03. The van der Waals surface area contributed by atoms with Gasteiger partial charge in [0.15, 0.2) is 6.04 Å². The third-order valence-corrected chi connectivity index (χ3v) is 5.92. The molecule has 0 N–H and O–H groups in total. The quantitative estimate of drug-likeness (QED) is 0.761. The average Bonchev–Trinajstić information content (AvgIpc) is 2.71. The zero-order chi connectivity index (χ0) is 16.6. The van der Waals surface area contributed by atoms with Crippen molar-refractivity contribution < 1.29 is 9.28 Å². The van der Waals surface area contributed by atoms with Gasteiger partial charge in [0, 0.05) is 18.7 Å². The first-order valence-corrected chi connectivity index (χ1v) is 9.16. The molecule has 0 saturated carbocycles. The fourth-order valence-electron chi connectivity index (χ4n) is 4.79. The summed E-state index contributed by atoms with van der Waals surface area (Å²) in [5.41, 5.74) is 4.90. The maximum Gasteiger partial charge on any atom is 0.285 e. The van der Waals surface area contributed by atoms with Gasteiger partial charge in [-0.2, -0.15) is 0 Å². The number of likely N-dealkylation sites (tertiary alicyclic amines) is 1. The molecule has 0 aromatic heterocycles. The Morgan fingerprint density at radius 3 is 2.13 bits per heavy atom. The minimum Gasteiger partial charge on any atom is -0.316 e. The average molecular weight is 315 g/mol. The number of quaternary nitrogens is 1. The van der Waals surface area contributed by atoms with Crippen LogP contribution in [0.1, 0.15) is 48.8 Å². The lowest BCUT2D eigenvalue weighted by atomic mass is 10.0. The Balaban J connectivity index is 1.87. The number of amides is 1. The molecule has 2 heterocycles. The number of benzene rings is 1. The first-order chi connectivity index (χ1) is 10.9. The Bertz CT molecular complexity index is 577. The Morgan fingerprint density at radius 2 is 1.57 bits per heavy atom. The second-order valence-electron chi connectivity index (χ2n) is 7.88. The zero-order valence-electron chi connectivity index (χ0n) is 15.2. The topological polar surface area (TPSA) is 20.3 Å². The van der Waals surface area contributed by atoms with E-state index in [1.165, 1.54) is 42.4 Å². The van der Waals surface area contributed by atoms with Gasteiger partial charge in [-0.3, -0.25) is 4.79 Å². The second kappa shape index (κ2) is 6.27. The van der Waals surface area contributed by atoms with Crippen molar-refractivity contribution in [2.45, 2.75) is 58.9 Å². The van der Waals surface area contributed by atoms with Crippen molar-refractivity contribution in [3.8, 4) is 0 Å². The molecule has 0 spiro atoms. The van der Waals surface area contributed by atoms with Crippen molar-refractivity contribution in [2.75, 3.05) is 31.6 Å². The van der Waals surface area contributed by atoms with Gasteiger partial charge in [0.05, 0.1) is 20.1 Å². The lowest BCUT2D eigenvalue weighted by Crippen LogP contribution is -2.56. The highest BCUT2D eigenvalue weighted by Crippen LogP contribution is 2.34. The maximum absolute atomic E-state index is 13.2. The van der Waals surface area contributed by atoms with Gasteiger partial charge in [0.25, 0.3) is 5.91 Å². The van der Waals surface area contributed by atoms with Gasteiger partial charge in [0.2, 0.25) is 0 Å². The van der Waals surface area contributed by atoms with Crippen LogP contribution < -0.4 is 4.90 Å². The van der Waals surface area contributed by atoms with Gasteiger partial charge >= 0.3 is 0 Å². The zero-order valence-corrected chi connectivity index (χ0v) is 15.2. The highest BCUT2D eigenvalue weighted by atomic mass is 16.2. The number of nitrogens with zero attached hydrogens (tertiary/aromatic N) is 2. The van der Waals surface area contributed by atoms with Crippen LogP contribution in [0.5, 0.6) is 0 Å². The summed E-state index contributed by atoms with van der Waals surface area (Å²) in [6.45, 7) is 9.60. The Morgan fingerprint density at radius 1 is 1.00 bits per heavy atom. The summed E-state index contributed by atoms with van der Waals surface area (Å²) in [7, 11) is 2.31. The lowest BCUT2D eigenvalue weighted by molar-refractivity contribution is -0.923. The molecule has 0 bridgehead atoms. The molecule has 126 valence electrons. The van der Waals surface area contributed by atoms with E-state index in [0.29, 0.717) is 5.91 Å². The van der Waals surface area contributed by atoms with Crippen molar-refractivity contribution in [3.05, 3.63) is 28.8 Å². The van der Waals surface area contributed by atoms with Crippen molar-refractivity contribution in [3.63, 3.8) is 0 Å². The molecule has 0 radical (unpaired) electrons. The van der Waals surface area contributed by atoms with E-state index in [0.717, 1.165) is 36.2 Å². The molecule has 1 amide bonds. The fourth-order valence-corrected chi connectivity index (χ4v) is 4.79. The molecule has 0 aliphatic carbocycles. The van der Waals surface area contributed by atoms with E-state index < -0.39 is 0 Å². The molecule has 23 heavy (non-hydrogen) atoms. The van der Waals surface area contributed by atoms with Crippen LogP contribution in [0.25, 0.3) is 0 Å². The van der Waals surface area contributed by atoms with E-state index in [-0.39, 0.29) is 6.04 Å². The first-order valence-electron chi connectivity index (χ1n) is 9.16. The number of hydrogen-bond acceptors (Lipinski definition) is 1. The van der Waals surface area contributed by atoms with Gasteiger partial charge < -0.3 is 9.38 Å². The van der Waals surface area contributed by atoms with Crippen molar-refractivity contribution >= 4 is 11.6 Å². The molecule has 2 aliphatic rings. The van der Waals surface area contributed by atoms with Gasteiger partial charge in [-0.05, 0) is 57.6 Å². The lowest BCUT2D eigenvalue weighted by Gasteiger charge is -2.38. The molecule has 1 unspecified atom stereocenters. The number of carbonyl (C=O) groups is 1. The summed E-state index contributed by atoms with van der Waals surface area (Å²) in [5.74, 6) is 0.351. The highest BCUT2D eigenvalue weighted by molar-refractivity contribution is 6.00. The third-order valence-electron chi connectivity index (χ3n) is 5.92. The number of carbonyl (C=O) groups excluding carboxylic acids is 1. The van der Waals surface area contributed by atoms with E-state index in [2.05, 4.69) is 44.9 Å². The van der Waals surface area contributed by atoms with Crippen LogP contribution in [0.3, 0.4) is 0 Å². The molecule has 3 rings (SSSR count). The summed E-state index contributed by atoms with van der Waals surface area (Å²) >= 11 is 0. The van der Waals surface area contributed by atoms with E-state index in [4.69, 9.17) is 0 Å². The van der Waals surface area contributed by atoms with Crippen LogP contribution in [-0.4, -0.2) is 43.1 Å². The molecule has 1 aromatic rings. The summed E-state index contributed by atoms with van der Waals surface area (Å²) in [4.78, 5) is 15.3. The molecule has 1 aromatic carbocycles. The molecule has 2 saturated heterocycles. The van der Waals surface area contributed by atoms with E-state index in [1.807, 2.05) is 0 Å². The smallest absolute Gasteiger partial charge is 0.285 e.